The molecule has 1 saturated heterocycles. The third-order valence-corrected chi connectivity index (χ3v) is 1.64. The minimum absolute atomic E-state index is 0.186. The number of nitrogens with one attached hydrogen (secondary N) is 1. The predicted molar refractivity (Wildman–Crippen MR) is 57.4 cm³/mol. The number of carbonyl (C=O) groups is 1. The molecule has 0 aliphatic carbocycles. The Morgan fingerprint density at radius 1 is 1.29 bits per heavy atom. The smallest absolute Gasteiger partial charge is 0.409 e. The third kappa shape index (κ3) is 5.80. The van der Waals surface area contributed by atoms with Crippen molar-refractivity contribution in [3.8, 4) is 0 Å². The Hall–Kier alpha value is -0.770. The first kappa shape index (κ1) is 13.2. The summed E-state index contributed by atoms with van der Waals surface area (Å²) < 4.78 is 4.84. The first-order chi connectivity index (χ1) is 6.76. The standard InChI is InChI=1S/C7H14N2O2.C3H8/c1-2-11-7(10)9-5-3-8-4-6-9;1-3-2/h8H,2-6H2,1H3;3H2,1-2H3. The number of carbonyl (C=O) groups excluding carboxylic acids is 1. The summed E-state index contributed by atoms with van der Waals surface area (Å²) in [7, 11) is 0. The molecule has 1 rings (SSSR count). The van der Waals surface area contributed by atoms with Crippen molar-refractivity contribution in [2.75, 3.05) is 32.8 Å². The molecule has 0 spiro atoms. The van der Waals surface area contributed by atoms with Gasteiger partial charge in [-0.05, 0) is 6.92 Å². The van der Waals surface area contributed by atoms with Crippen molar-refractivity contribution in [1.29, 1.82) is 0 Å². The molecule has 4 nitrogen and oxygen atoms in total. The van der Waals surface area contributed by atoms with Crippen molar-refractivity contribution < 1.29 is 9.53 Å². The van der Waals surface area contributed by atoms with Gasteiger partial charge in [-0.2, -0.15) is 0 Å². The fourth-order valence-electron chi connectivity index (χ4n) is 1.06. The van der Waals surface area contributed by atoms with Crippen LogP contribution in [0.15, 0.2) is 0 Å². The Labute approximate surface area is 86.6 Å². The van der Waals surface area contributed by atoms with E-state index in [9.17, 15) is 4.79 Å². The predicted octanol–water partition coefficient (Wildman–Crippen LogP) is 1.46. The normalized spacial score (nSPS) is 15.5. The lowest BCUT2D eigenvalue weighted by Gasteiger charge is -2.26. The van der Waals surface area contributed by atoms with E-state index in [0.29, 0.717) is 6.61 Å². The number of hydrogen-bond acceptors (Lipinski definition) is 3. The van der Waals surface area contributed by atoms with E-state index in [2.05, 4.69) is 19.2 Å². The van der Waals surface area contributed by atoms with E-state index in [1.54, 1.807) is 4.90 Å². The number of piperazine rings is 1. The maximum atomic E-state index is 11.1. The molecule has 1 amide bonds. The molecule has 14 heavy (non-hydrogen) atoms. The van der Waals surface area contributed by atoms with Crippen LogP contribution in [0.2, 0.25) is 0 Å². The van der Waals surface area contributed by atoms with Gasteiger partial charge in [0.2, 0.25) is 0 Å². The molecule has 0 aromatic heterocycles. The highest BCUT2D eigenvalue weighted by Crippen LogP contribution is 1.95. The lowest BCUT2D eigenvalue weighted by Crippen LogP contribution is -2.46. The largest absolute Gasteiger partial charge is 0.450 e. The van der Waals surface area contributed by atoms with Crippen LogP contribution in [0.4, 0.5) is 4.79 Å². The zero-order valence-corrected chi connectivity index (χ0v) is 9.51. The summed E-state index contributed by atoms with van der Waals surface area (Å²) in [6, 6.07) is 0. The van der Waals surface area contributed by atoms with Crippen LogP contribution in [-0.2, 0) is 4.74 Å². The van der Waals surface area contributed by atoms with E-state index in [4.69, 9.17) is 4.74 Å². The van der Waals surface area contributed by atoms with Crippen molar-refractivity contribution in [3.05, 3.63) is 0 Å². The molecule has 84 valence electrons. The molecular weight excluding hydrogens is 180 g/mol. The van der Waals surface area contributed by atoms with E-state index in [-0.39, 0.29) is 6.09 Å². The average molecular weight is 202 g/mol. The van der Waals surface area contributed by atoms with Gasteiger partial charge in [0.25, 0.3) is 0 Å². The minimum atomic E-state index is -0.186. The zero-order valence-electron chi connectivity index (χ0n) is 9.51. The van der Waals surface area contributed by atoms with Gasteiger partial charge in [-0.1, -0.05) is 20.3 Å². The molecule has 0 aromatic carbocycles. The van der Waals surface area contributed by atoms with Gasteiger partial charge >= 0.3 is 6.09 Å². The number of hydrogen-bond donors (Lipinski definition) is 1. The number of ether oxygens (including phenoxy) is 1. The minimum Gasteiger partial charge on any atom is -0.450 e. The maximum Gasteiger partial charge on any atom is 0.409 e. The Morgan fingerprint density at radius 3 is 2.21 bits per heavy atom. The lowest BCUT2D eigenvalue weighted by atomic mass is 10.4. The van der Waals surface area contributed by atoms with Crippen LogP contribution >= 0.6 is 0 Å². The summed E-state index contributed by atoms with van der Waals surface area (Å²) in [6.07, 6.45) is 1.06. The van der Waals surface area contributed by atoms with Crippen LogP contribution in [0, 0.1) is 0 Å². The monoisotopic (exact) mass is 202 g/mol. The maximum absolute atomic E-state index is 11.1. The van der Waals surface area contributed by atoms with Crippen molar-refractivity contribution in [2.45, 2.75) is 27.2 Å². The molecule has 1 N–H and O–H groups in total. The summed E-state index contributed by atoms with van der Waals surface area (Å²) >= 11 is 0. The fourth-order valence-corrected chi connectivity index (χ4v) is 1.06. The second-order valence-corrected chi connectivity index (χ2v) is 3.14. The summed E-state index contributed by atoms with van der Waals surface area (Å²) in [6.45, 7) is 9.80. The van der Waals surface area contributed by atoms with Gasteiger partial charge in [-0.3, -0.25) is 0 Å². The Bertz CT molecular complexity index is 145. The second-order valence-electron chi connectivity index (χ2n) is 3.14. The summed E-state index contributed by atoms with van der Waals surface area (Å²) in [5, 5.41) is 3.16. The van der Waals surface area contributed by atoms with Gasteiger partial charge in [0, 0.05) is 26.2 Å². The van der Waals surface area contributed by atoms with Crippen LogP contribution in [0.1, 0.15) is 27.2 Å². The van der Waals surface area contributed by atoms with Crippen LogP contribution < -0.4 is 5.32 Å². The van der Waals surface area contributed by atoms with E-state index < -0.39 is 0 Å². The number of amides is 1. The molecule has 0 atom stereocenters. The second kappa shape index (κ2) is 8.81. The Balaban J connectivity index is 0.000000500. The molecule has 4 heteroatoms. The molecule has 0 aromatic rings. The summed E-state index contributed by atoms with van der Waals surface area (Å²) in [5.41, 5.74) is 0. The average Bonchev–Trinajstić information content (AvgIpc) is 2.21. The first-order valence-electron chi connectivity index (χ1n) is 5.38. The molecule has 1 aliphatic rings. The van der Waals surface area contributed by atoms with E-state index in [1.807, 2.05) is 6.92 Å². The fraction of sp³-hybridized carbons (Fsp3) is 0.900. The van der Waals surface area contributed by atoms with Gasteiger partial charge in [0.15, 0.2) is 0 Å². The number of nitrogens with zero attached hydrogens (tertiary/aromatic N) is 1. The molecular formula is C10H22N2O2. The molecule has 1 aliphatic heterocycles. The van der Waals surface area contributed by atoms with Crippen LogP contribution in [-0.4, -0.2) is 43.8 Å². The van der Waals surface area contributed by atoms with E-state index in [1.165, 1.54) is 6.42 Å². The molecule has 1 heterocycles. The quantitative estimate of drug-likeness (QED) is 0.700. The van der Waals surface area contributed by atoms with Crippen molar-refractivity contribution >= 4 is 6.09 Å². The SMILES string of the molecule is CCC.CCOC(=O)N1CCNCC1. The zero-order chi connectivity index (χ0) is 10.8. The van der Waals surface area contributed by atoms with Gasteiger partial charge in [-0.15, -0.1) is 0 Å². The molecule has 1 fully saturated rings. The van der Waals surface area contributed by atoms with Crippen LogP contribution in [0.3, 0.4) is 0 Å². The van der Waals surface area contributed by atoms with Crippen LogP contribution in [0.25, 0.3) is 0 Å². The lowest BCUT2D eigenvalue weighted by molar-refractivity contribution is 0.102. The topological polar surface area (TPSA) is 41.6 Å². The number of rotatable bonds is 1. The van der Waals surface area contributed by atoms with E-state index in [0.717, 1.165) is 26.2 Å². The molecule has 0 unspecified atom stereocenters. The highest BCUT2D eigenvalue weighted by molar-refractivity contribution is 5.67. The van der Waals surface area contributed by atoms with Crippen molar-refractivity contribution in [3.63, 3.8) is 0 Å². The first-order valence-corrected chi connectivity index (χ1v) is 5.38. The van der Waals surface area contributed by atoms with Gasteiger partial charge in [-0.25, -0.2) is 4.79 Å². The van der Waals surface area contributed by atoms with Crippen molar-refractivity contribution in [2.24, 2.45) is 0 Å². The van der Waals surface area contributed by atoms with E-state index >= 15 is 0 Å². The van der Waals surface area contributed by atoms with Gasteiger partial charge in [0.05, 0.1) is 6.61 Å². The highest BCUT2D eigenvalue weighted by Gasteiger charge is 2.15. The Kier molecular flexibility index (Phi) is 8.33. The molecule has 0 bridgehead atoms. The van der Waals surface area contributed by atoms with Gasteiger partial charge in [0.1, 0.15) is 0 Å². The molecule has 0 radical (unpaired) electrons. The summed E-state index contributed by atoms with van der Waals surface area (Å²) in [5.74, 6) is 0. The van der Waals surface area contributed by atoms with Crippen molar-refractivity contribution in [1.82, 2.24) is 10.2 Å². The molecule has 0 saturated carbocycles. The van der Waals surface area contributed by atoms with Gasteiger partial charge < -0.3 is 15.0 Å². The van der Waals surface area contributed by atoms with Crippen LogP contribution in [0.5, 0.6) is 0 Å². The summed E-state index contributed by atoms with van der Waals surface area (Å²) in [4.78, 5) is 12.8. The third-order valence-electron chi connectivity index (χ3n) is 1.64. The Morgan fingerprint density at radius 2 is 1.79 bits per heavy atom. The highest BCUT2D eigenvalue weighted by atomic mass is 16.6.